The molecule has 0 aliphatic rings. The first kappa shape index (κ1) is 14.3. The van der Waals surface area contributed by atoms with Gasteiger partial charge in [-0.05, 0) is 6.92 Å². The maximum absolute atomic E-state index is 11.2. The summed E-state index contributed by atoms with van der Waals surface area (Å²) in [7, 11) is 2.90. The number of methoxy groups -OCH3 is 2. The molecule has 0 aliphatic heterocycles. The molecule has 0 aromatic rings. The summed E-state index contributed by atoms with van der Waals surface area (Å²) in [5.41, 5.74) is 0. The fourth-order valence-corrected chi connectivity index (χ4v) is 1.14. The molecule has 90 valence electrons. The molecule has 0 saturated carbocycles. The van der Waals surface area contributed by atoms with Gasteiger partial charge in [0.2, 0.25) is 0 Å². The van der Waals surface area contributed by atoms with Crippen LogP contribution in [0.5, 0.6) is 0 Å². The van der Waals surface area contributed by atoms with Crippen molar-refractivity contribution in [3.05, 3.63) is 0 Å². The number of esters is 1. The molecule has 0 fully saturated rings. The number of aliphatic hydroxyl groups excluding tert-OH is 1. The van der Waals surface area contributed by atoms with Gasteiger partial charge < -0.3 is 19.9 Å². The third-order valence-electron chi connectivity index (χ3n) is 2.36. The molecule has 0 radical (unpaired) electrons. The Balaban J connectivity index is 3.82. The van der Waals surface area contributed by atoms with Gasteiger partial charge in [0.1, 0.15) is 0 Å². The van der Waals surface area contributed by atoms with Gasteiger partial charge in [-0.2, -0.15) is 0 Å². The summed E-state index contributed by atoms with van der Waals surface area (Å²) in [6.45, 7) is 4.34. The van der Waals surface area contributed by atoms with Gasteiger partial charge in [-0.15, -0.1) is 0 Å². The second kappa shape index (κ2) is 7.62. The van der Waals surface area contributed by atoms with Crippen LogP contribution in [0.3, 0.4) is 0 Å². The van der Waals surface area contributed by atoms with Crippen molar-refractivity contribution < 1.29 is 19.4 Å². The van der Waals surface area contributed by atoms with E-state index in [9.17, 15) is 9.90 Å². The molecular weight excluding hydrogens is 198 g/mol. The first-order valence-corrected chi connectivity index (χ1v) is 5.01. The van der Waals surface area contributed by atoms with E-state index in [0.29, 0.717) is 6.54 Å². The molecule has 0 aromatic heterocycles. The highest BCUT2D eigenvalue weighted by Crippen LogP contribution is 2.04. The van der Waals surface area contributed by atoms with Crippen molar-refractivity contribution in [2.45, 2.75) is 26.0 Å². The Hall–Kier alpha value is -0.650. The van der Waals surface area contributed by atoms with E-state index in [0.717, 1.165) is 0 Å². The molecular formula is C10H21NO4. The summed E-state index contributed by atoms with van der Waals surface area (Å²) in [4.78, 5) is 11.2. The lowest BCUT2D eigenvalue weighted by Gasteiger charge is -2.20. The summed E-state index contributed by atoms with van der Waals surface area (Å²) < 4.78 is 9.40. The van der Waals surface area contributed by atoms with Gasteiger partial charge in [-0.1, -0.05) is 6.92 Å². The van der Waals surface area contributed by atoms with Crippen LogP contribution < -0.4 is 5.32 Å². The van der Waals surface area contributed by atoms with Gasteiger partial charge in [0.05, 0.1) is 25.7 Å². The van der Waals surface area contributed by atoms with Crippen molar-refractivity contribution in [1.29, 1.82) is 0 Å². The summed E-state index contributed by atoms with van der Waals surface area (Å²) in [5, 5.41) is 12.4. The Bertz CT molecular complexity index is 186. The van der Waals surface area contributed by atoms with E-state index >= 15 is 0 Å². The maximum Gasteiger partial charge on any atom is 0.309 e. The van der Waals surface area contributed by atoms with Gasteiger partial charge in [0.15, 0.2) is 0 Å². The first-order chi connectivity index (χ1) is 7.02. The van der Waals surface area contributed by atoms with E-state index < -0.39 is 6.10 Å². The minimum atomic E-state index is -0.553. The molecule has 0 saturated heterocycles. The molecule has 0 heterocycles. The molecule has 3 unspecified atom stereocenters. The number of hydrogen-bond donors (Lipinski definition) is 2. The lowest BCUT2D eigenvalue weighted by Crippen LogP contribution is -2.41. The third-order valence-corrected chi connectivity index (χ3v) is 2.36. The van der Waals surface area contributed by atoms with Gasteiger partial charge in [-0.25, -0.2) is 0 Å². The summed E-state index contributed by atoms with van der Waals surface area (Å²) in [5.74, 6) is -0.485. The molecule has 0 aromatic carbocycles. The molecule has 5 heteroatoms. The van der Waals surface area contributed by atoms with Crippen LogP contribution in [0, 0.1) is 5.92 Å². The van der Waals surface area contributed by atoms with Crippen LogP contribution in [-0.4, -0.2) is 50.6 Å². The van der Waals surface area contributed by atoms with Crippen molar-refractivity contribution in [3.63, 3.8) is 0 Å². The standard InChI is InChI=1S/C10H21NO4/c1-7(10(13)15-4)8(2)11-5-9(12)6-14-3/h7-9,11-12H,5-6H2,1-4H3. The fourth-order valence-electron chi connectivity index (χ4n) is 1.14. The van der Waals surface area contributed by atoms with Crippen LogP contribution in [0.4, 0.5) is 0 Å². The molecule has 5 nitrogen and oxygen atoms in total. The lowest BCUT2D eigenvalue weighted by atomic mass is 10.0. The van der Waals surface area contributed by atoms with Crippen LogP contribution in [0.15, 0.2) is 0 Å². The summed E-state index contributed by atoms with van der Waals surface area (Å²) in [6, 6.07) is -0.0380. The number of carbonyl (C=O) groups excluding carboxylic acids is 1. The first-order valence-electron chi connectivity index (χ1n) is 5.01. The Labute approximate surface area is 90.8 Å². The average molecular weight is 219 g/mol. The quantitative estimate of drug-likeness (QED) is 0.579. The van der Waals surface area contributed by atoms with E-state index in [2.05, 4.69) is 10.1 Å². The SMILES string of the molecule is COCC(O)CNC(C)C(C)C(=O)OC. The zero-order chi connectivity index (χ0) is 11.8. The summed E-state index contributed by atoms with van der Waals surface area (Å²) >= 11 is 0. The number of ether oxygens (including phenoxy) is 2. The second-order valence-electron chi connectivity index (χ2n) is 3.62. The number of hydrogen-bond acceptors (Lipinski definition) is 5. The molecule has 0 bridgehead atoms. The monoisotopic (exact) mass is 219 g/mol. The normalized spacial score (nSPS) is 16.9. The minimum Gasteiger partial charge on any atom is -0.469 e. The van der Waals surface area contributed by atoms with Crippen molar-refractivity contribution >= 4 is 5.97 Å². The van der Waals surface area contributed by atoms with Gasteiger partial charge in [0.25, 0.3) is 0 Å². The highest BCUT2D eigenvalue weighted by atomic mass is 16.5. The largest absolute Gasteiger partial charge is 0.469 e. The van der Waals surface area contributed by atoms with Crippen molar-refractivity contribution in [2.75, 3.05) is 27.4 Å². The van der Waals surface area contributed by atoms with E-state index in [1.807, 2.05) is 6.92 Å². The second-order valence-corrected chi connectivity index (χ2v) is 3.62. The van der Waals surface area contributed by atoms with Gasteiger partial charge in [-0.3, -0.25) is 4.79 Å². The minimum absolute atomic E-state index is 0.0380. The molecule has 3 atom stereocenters. The van der Waals surface area contributed by atoms with Crippen molar-refractivity contribution in [2.24, 2.45) is 5.92 Å². The molecule has 2 N–H and O–H groups in total. The molecule has 0 spiro atoms. The number of rotatable bonds is 7. The Morgan fingerprint density at radius 3 is 2.47 bits per heavy atom. The Kier molecular flexibility index (Phi) is 7.29. The van der Waals surface area contributed by atoms with Gasteiger partial charge in [0, 0.05) is 19.7 Å². The highest BCUT2D eigenvalue weighted by Gasteiger charge is 2.20. The number of carbonyl (C=O) groups is 1. The van der Waals surface area contributed by atoms with Gasteiger partial charge >= 0.3 is 5.97 Å². The fraction of sp³-hybridized carbons (Fsp3) is 0.900. The van der Waals surface area contributed by atoms with Crippen LogP contribution in [0.1, 0.15) is 13.8 Å². The van der Waals surface area contributed by atoms with E-state index in [1.165, 1.54) is 14.2 Å². The zero-order valence-electron chi connectivity index (χ0n) is 9.82. The highest BCUT2D eigenvalue weighted by molar-refractivity contribution is 5.72. The molecule has 0 rings (SSSR count). The van der Waals surface area contributed by atoms with Crippen LogP contribution >= 0.6 is 0 Å². The Morgan fingerprint density at radius 2 is 2.00 bits per heavy atom. The number of nitrogens with one attached hydrogen (secondary N) is 1. The molecule has 0 aliphatic carbocycles. The van der Waals surface area contributed by atoms with Crippen LogP contribution in [0.25, 0.3) is 0 Å². The van der Waals surface area contributed by atoms with E-state index in [4.69, 9.17) is 4.74 Å². The van der Waals surface area contributed by atoms with Crippen molar-refractivity contribution in [3.8, 4) is 0 Å². The van der Waals surface area contributed by atoms with Crippen molar-refractivity contribution in [1.82, 2.24) is 5.32 Å². The van der Waals surface area contributed by atoms with E-state index in [-0.39, 0.29) is 24.5 Å². The molecule has 0 amide bonds. The predicted molar refractivity (Wildman–Crippen MR) is 56.5 cm³/mol. The topological polar surface area (TPSA) is 67.8 Å². The molecule has 15 heavy (non-hydrogen) atoms. The van der Waals surface area contributed by atoms with E-state index in [1.54, 1.807) is 6.92 Å². The van der Waals surface area contributed by atoms with Crippen LogP contribution in [-0.2, 0) is 14.3 Å². The predicted octanol–water partition coefficient (Wildman–Crippen LogP) is -0.219. The zero-order valence-corrected chi connectivity index (χ0v) is 9.82. The van der Waals surface area contributed by atoms with Crippen LogP contribution in [0.2, 0.25) is 0 Å². The third kappa shape index (κ3) is 5.71. The Morgan fingerprint density at radius 1 is 1.40 bits per heavy atom. The average Bonchev–Trinajstić information content (AvgIpc) is 2.24. The number of aliphatic hydroxyl groups is 1. The summed E-state index contributed by atoms with van der Waals surface area (Å²) in [6.07, 6.45) is -0.553. The smallest absolute Gasteiger partial charge is 0.309 e. The lowest BCUT2D eigenvalue weighted by molar-refractivity contribution is -0.145. The maximum atomic E-state index is 11.2.